The fourth-order valence-electron chi connectivity index (χ4n) is 4.79. The molecule has 2 aliphatic heterocycles. The van der Waals surface area contributed by atoms with E-state index in [0.717, 1.165) is 40.7 Å². The monoisotopic (exact) mass is 550 g/mol. The summed E-state index contributed by atoms with van der Waals surface area (Å²) in [6.07, 6.45) is -2.96. The molecule has 5 rings (SSSR count). The Labute approximate surface area is 215 Å². The highest BCUT2D eigenvalue weighted by molar-refractivity contribution is 7.89. The minimum atomic E-state index is -4.46. The van der Waals surface area contributed by atoms with Crippen LogP contribution in [0.25, 0.3) is 11.3 Å². The van der Waals surface area contributed by atoms with Gasteiger partial charge in [0, 0.05) is 11.5 Å². The second-order valence-electron chi connectivity index (χ2n) is 9.09. The van der Waals surface area contributed by atoms with Crippen LogP contribution in [0.1, 0.15) is 17.7 Å². The van der Waals surface area contributed by atoms with E-state index in [0.29, 0.717) is 23.6 Å². The van der Waals surface area contributed by atoms with Gasteiger partial charge in [-0.3, -0.25) is 4.79 Å². The summed E-state index contributed by atoms with van der Waals surface area (Å²) < 4.78 is 85.4. The third-order valence-electron chi connectivity index (χ3n) is 6.69. The maximum atomic E-state index is 13.4. The lowest BCUT2D eigenvalue weighted by Gasteiger charge is -2.27. The minimum absolute atomic E-state index is 0.0538. The Hall–Kier alpha value is -3.42. The number of carbonyl (C=O) groups is 1. The summed E-state index contributed by atoms with van der Waals surface area (Å²) in [4.78, 5) is 21.3. The van der Waals surface area contributed by atoms with Gasteiger partial charge in [-0.25, -0.2) is 22.8 Å². The molecule has 13 heteroatoms. The highest BCUT2D eigenvalue weighted by Gasteiger charge is 2.52. The van der Waals surface area contributed by atoms with Crippen molar-refractivity contribution >= 4 is 15.9 Å². The topological polar surface area (TPSA) is 101 Å². The van der Waals surface area contributed by atoms with Crippen LogP contribution in [-0.4, -0.2) is 53.9 Å². The van der Waals surface area contributed by atoms with Crippen LogP contribution in [0.2, 0.25) is 0 Å². The first-order chi connectivity index (χ1) is 18.0. The maximum Gasteiger partial charge on any atom is 0.416 e. The third kappa shape index (κ3) is 5.13. The largest absolute Gasteiger partial charge is 0.416 e. The van der Waals surface area contributed by atoms with Crippen molar-refractivity contribution in [3.05, 3.63) is 78.0 Å². The number of alkyl halides is 3. The Morgan fingerprint density at radius 1 is 1.05 bits per heavy atom. The van der Waals surface area contributed by atoms with E-state index in [-0.39, 0.29) is 30.4 Å². The summed E-state index contributed by atoms with van der Waals surface area (Å²) in [6, 6.07) is 8.92. The molecule has 0 radical (unpaired) electrons. The van der Waals surface area contributed by atoms with E-state index in [1.807, 2.05) is 0 Å². The molecule has 3 atom stereocenters. The number of aromatic nitrogens is 2. The van der Waals surface area contributed by atoms with Crippen molar-refractivity contribution in [1.82, 2.24) is 19.6 Å². The lowest BCUT2D eigenvalue weighted by atomic mass is 10.0. The van der Waals surface area contributed by atoms with Gasteiger partial charge in [-0.15, -0.1) is 0 Å². The number of benzene rings is 2. The Morgan fingerprint density at radius 3 is 2.45 bits per heavy atom. The summed E-state index contributed by atoms with van der Waals surface area (Å²) in [6.45, 7) is 0.422. The van der Waals surface area contributed by atoms with Crippen LogP contribution in [0.15, 0.2) is 65.8 Å². The highest BCUT2D eigenvalue weighted by Crippen LogP contribution is 2.39. The summed E-state index contributed by atoms with van der Waals surface area (Å²) in [7, 11) is -4.12. The number of carbonyl (C=O) groups excluding carboxylic acids is 1. The summed E-state index contributed by atoms with van der Waals surface area (Å²) >= 11 is 0. The number of ether oxygens (including phenoxy) is 1. The number of halogens is 4. The van der Waals surface area contributed by atoms with Crippen molar-refractivity contribution in [2.75, 3.05) is 13.2 Å². The SMILES string of the molecule is O=C(NCc1cc(-c2ccc(C(F)(F)F)cc2)ncn1)[C@@H]1CC2COCC2N1S(=O)(=O)c1ccc(F)cc1. The molecule has 1 amide bonds. The van der Waals surface area contributed by atoms with Gasteiger partial charge in [-0.05, 0) is 48.9 Å². The van der Waals surface area contributed by atoms with Gasteiger partial charge in [0.25, 0.3) is 0 Å². The van der Waals surface area contributed by atoms with Crippen LogP contribution >= 0.6 is 0 Å². The Balaban J connectivity index is 1.32. The van der Waals surface area contributed by atoms with Crippen molar-refractivity contribution in [3.63, 3.8) is 0 Å². The van der Waals surface area contributed by atoms with Crippen molar-refractivity contribution in [2.24, 2.45) is 5.92 Å². The van der Waals surface area contributed by atoms with Gasteiger partial charge in [0.1, 0.15) is 18.2 Å². The smallest absolute Gasteiger partial charge is 0.379 e. The molecule has 2 unspecified atom stereocenters. The number of sulfonamides is 1. The molecule has 0 spiro atoms. The predicted molar refractivity (Wildman–Crippen MR) is 126 cm³/mol. The van der Waals surface area contributed by atoms with Gasteiger partial charge in [-0.2, -0.15) is 17.5 Å². The summed E-state index contributed by atoms with van der Waals surface area (Å²) in [5.74, 6) is -1.27. The van der Waals surface area contributed by atoms with Gasteiger partial charge in [0.05, 0.1) is 47.6 Å². The van der Waals surface area contributed by atoms with Crippen LogP contribution in [0.5, 0.6) is 0 Å². The van der Waals surface area contributed by atoms with E-state index in [1.165, 1.54) is 24.5 Å². The van der Waals surface area contributed by atoms with E-state index in [9.17, 15) is 30.8 Å². The van der Waals surface area contributed by atoms with E-state index >= 15 is 0 Å². The van der Waals surface area contributed by atoms with Gasteiger partial charge in [-0.1, -0.05) is 12.1 Å². The van der Waals surface area contributed by atoms with Crippen LogP contribution < -0.4 is 5.32 Å². The van der Waals surface area contributed by atoms with Crippen molar-refractivity contribution in [3.8, 4) is 11.3 Å². The maximum absolute atomic E-state index is 13.4. The molecule has 38 heavy (non-hydrogen) atoms. The normalized spacial score (nSPS) is 21.8. The molecule has 3 heterocycles. The van der Waals surface area contributed by atoms with Gasteiger partial charge in [0.2, 0.25) is 15.9 Å². The molecule has 2 fully saturated rings. The number of hydrogen-bond donors (Lipinski definition) is 1. The highest BCUT2D eigenvalue weighted by atomic mass is 32.2. The van der Waals surface area contributed by atoms with E-state index in [4.69, 9.17) is 4.74 Å². The van der Waals surface area contributed by atoms with E-state index < -0.39 is 45.6 Å². The molecule has 0 bridgehead atoms. The number of amides is 1. The number of hydrogen-bond acceptors (Lipinski definition) is 6. The second-order valence-corrected chi connectivity index (χ2v) is 10.9. The van der Waals surface area contributed by atoms with Gasteiger partial charge < -0.3 is 10.1 Å². The first-order valence-electron chi connectivity index (χ1n) is 11.7. The van der Waals surface area contributed by atoms with Crippen LogP contribution in [0, 0.1) is 11.7 Å². The van der Waals surface area contributed by atoms with Crippen molar-refractivity contribution in [2.45, 2.75) is 36.1 Å². The first kappa shape index (κ1) is 26.2. The molecule has 2 saturated heterocycles. The quantitative estimate of drug-likeness (QED) is 0.473. The predicted octanol–water partition coefficient (Wildman–Crippen LogP) is 3.40. The fraction of sp³-hybridized carbons (Fsp3) is 0.320. The molecule has 8 nitrogen and oxygen atoms in total. The molecule has 2 aliphatic rings. The van der Waals surface area contributed by atoms with E-state index in [1.54, 1.807) is 0 Å². The first-order valence-corrected chi connectivity index (χ1v) is 13.1. The zero-order chi connectivity index (χ0) is 27.1. The van der Waals surface area contributed by atoms with Crippen molar-refractivity contribution < 1.29 is 35.5 Å². The van der Waals surface area contributed by atoms with Crippen LogP contribution in [0.4, 0.5) is 17.6 Å². The zero-order valence-corrected chi connectivity index (χ0v) is 20.5. The van der Waals surface area contributed by atoms with Crippen LogP contribution in [-0.2, 0) is 32.3 Å². The lowest BCUT2D eigenvalue weighted by Crippen LogP contribution is -2.49. The summed E-state index contributed by atoms with van der Waals surface area (Å²) in [5, 5.41) is 2.72. The average molecular weight is 551 g/mol. The standard InChI is InChI=1S/C25H22F4N4O4S/c26-18-5-7-20(8-6-18)38(35,36)33-22(9-16-12-37-13-23(16)33)24(34)30-11-19-10-21(32-14-31-19)15-1-3-17(4-2-15)25(27,28)29/h1-8,10,14,16,22-23H,9,11-13H2,(H,30,34)/t16?,22-,23?/m0/s1. The second kappa shape index (κ2) is 10.0. The average Bonchev–Trinajstić information content (AvgIpc) is 3.49. The fourth-order valence-corrected chi connectivity index (χ4v) is 6.62. The number of nitrogens with zero attached hydrogens (tertiary/aromatic N) is 3. The Morgan fingerprint density at radius 2 is 1.76 bits per heavy atom. The number of nitrogens with one attached hydrogen (secondary N) is 1. The Bertz CT molecular complexity index is 1430. The Kier molecular flexibility index (Phi) is 6.92. The van der Waals surface area contributed by atoms with Gasteiger partial charge >= 0.3 is 6.18 Å². The zero-order valence-electron chi connectivity index (χ0n) is 19.7. The molecule has 2 aromatic carbocycles. The molecule has 1 aromatic heterocycles. The number of rotatable bonds is 6. The summed E-state index contributed by atoms with van der Waals surface area (Å²) in [5.41, 5.74) is 0.409. The van der Waals surface area contributed by atoms with Crippen molar-refractivity contribution in [1.29, 1.82) is 0 Å². The molecule has 0 aliphatic carbocycles. The number of fused-ring (bicyclic) bond motifs is 1. The molecular weight excluding hydrogens is 528 g/mol. The van der Waals surface area contributed by atoms with Gasteiger partial charge in [0.15, 0.2) is 0 Å². The van der Waals surface area contributed by atoms with E-state index in [2.05, 4.69) is 15.3 Å². The molecule has 200 valence electrons. The third-order valence-corrected chi connectivity index (χ3v) is 8.64. The van der Waals surface area contributed by atoms with Crippen LogP contribution in [0.3, 0.4) is 0 Å². The lowest BCUT2D eigenvalue weighted by molar-refractivity contribution is -0.137. The molecule has 3 aromatic rings. The minimum Gasteiger partial charge on any atom is -0.379 e. The molecule has 1 N–H and O–H groups in total. The molecule has 0 saturated carbocycles. The molecular formula is C25H22F4N4O4S.